The number of carboxylic acids is 1. The zero-order valence-corrected chi connectivity index (χ0v) is 14.9. The summed E-state index contributed by atoms with van der Waals surface area (Å²) in [5.41, 5.74) is 1.11. The van der Waals surface area contributed by atoms with E-state index in [1.807, 2.05) is 6.07 Å². The number of methoxy groups -OCH3 is 2. The molecule has 0 aliphatic carbocycles. The van der Waals surface area contributed by atoms with Crippen LogP contribution < -0.4 is 9.47 Å². The number of hydrogen-bond acceptors (Lipinski definition) is 5. The molecule has 3 rings (SSSR count). The first-order valence-corrected chi connectivity index (χ1v) is 8.33. The molecule has 1 N–H and O–H groups in total. The summed E-state index contributed by atoms with van der Waals surface area (Å²) in [4.78, 5) is 25.6. The highest BCUT2D eigenvalue weighted by Crippen LogP contribution is 2.34. The highest BCUT2D eigenvalue weighted by Gasteiger charge is 2.35. The molecule has 0 bridgehead atoms. The number of hydrogen-bond donors (Lipinski definition) is 1. The number of amides is 1. The molecule has 2 aromatic rings. The second-order valence-electron chi connectivity index (χ2n) is 6.15. The Morgan fingerprint density at radius 3 is 2.58 bits per heavy atom. The number of aryl methyl sites for hydroxylation is 1. The van der Waals surface area contributed by atoms with E-state index in [1.54, 1.807) is 39.3 Å². The second-order valence-corrected chi connectivity index (χ2v) is 6.15. The van der Waals surface area contributed by atoms with E-state index < -0.39 is 12.0 Å². The normalized spacial score (nSPS) is 16.6. The SMILES string of the molecule is COc1ccc(-c2cc(C(=O)N3CCC[C@H]3C(=O)O)c(C)o2)cc1OC. The minimum Gasteiger partial charge on any atom is -0.493 e. The van der Waals surface area contributed by atoms with Crippen molar-refractivity contribution in [3.05, 3.63) is 35.6 Å². The van der Waals surface area contributed by atoms with Crippen LogP contribution in [0.4, 0.5) is 0 Å². The van der Waals surface area contributed by atoms with Crippen LogP contribution in [0.3, 0.4) is 0 Å². The van der Waals surface area contributed by atoms with Gasteiger partial charge in [0.25, 0.3) is 5.91 Å². The van der Waals surface area contributed by atoms with Crippen molar-refractivity contribution in [2.24, 2.45) is 0 Å². The van der Waals surface area contributed by atoms with E-state index in [4.69, 9.17) is 13.9 Å². The fraction of sp³-hybridized carbons (Fsp3) is 0.368. The van der Waals surface area contributed by atoms with Crippen LogP contribution in [0.5, 0.6) is 11.5 Å². The molecular formula is C19H21NO6. The lowest BCUT2D eigenvalue weighted by atomic mass is 10.1. The van der Waals surface area contributed by atoms with E-state index in [1.165, 1.54) is 4.90 Å². The molecule has 0 saturated carbocycles. The molecular weight excluding hydrogens is 338 g/mol. The third-order valence-corrected chi connectivity index (χ3v) is 4.61. The van der Waals surface area contributed by atoms with Gasteiger partial charge >= 0.3 is 5.97 Å². The maximum absolute atomic E-state index is 12.8. The number of rotatable bonds is 5. The summed E-state index contributed by atoms with van der Waals surface area (Å²) in [7, 11) is 3.10. The van der Waals surface area contributed by atoms with Gasteiger partial charge in [-0.3, -0.25) is 4.79 Å². The van der Waals surface area contributed by atoms with Gasteiger partial charge in [-0.05, 0) is 44.0 Å². The maximum atomic E-state index is 12.8. The maximum Gasteiger partial charge on any atom is 0.326 e. The van der Waals surface area contributed by atoms with Crippen LogP contribution in [-0.4, -0.2) is 48.7 Å². The van der Waals surface area contributed by atoms with Crippen LogP contribution >= 0.6 is 0 Å². The van der Waals surface area contributed by atoms with Gasteiger partial charge in [-0.15, -0.1) is 0 Å². The van der Waals surface area contributed by atoms with Crippen LogP contribution in [-0.2, 0) is 4.79 Å². The average Bonchev–Trinajstić information content (AvgIpc) is 3.27. The summed E-state index contributed by atoms with van der Waals surface area (Å²) in [5.74, 6) is 0.822. The minimum absolute atomic E-state index is 0.317. The Morgan fingerprint density at radius 1 is 1.19 bits per heavy atom. The summed E-state index contributed by atoms with van der Waals surface area (Å²) in [6.45, 7) is 2.13. The largest absolute Gasteiger partial charge is 0.493 e. The zero-order valence-electron chi connectivity index (χ0n) is 14.9. The Bertz CT molecular complexity index is 841. The highest BCUT2D eigenvalue weighted by atomic mass is 16.5. The van der Waals surface area contributed by atoms with Crippen molar-refractivity contribution in [3.8, 4) is 22.8 Å². The molecule has 1 amide bonds. The Kier molecular flexibility index (Phi) is 4.88. The summed E-state index contributed by atoms with van der Waals surface area (Å²) in [6.07, 6.45) is 1.16. The molecule has 1 aromatic carbocycles. The number of likely N-dealkylation sites (tertiary alicyclic amines) is 1. The monoisotopic (exact) mass is 359 g/mol. The van der Waals surface area contributed by atoms with Gasteiger partial charge < -0.3 is 23.9 Å². The molecule has 1 aliphatic heterocycles. The second kappa shape index (κ2) is 7.11. The zero-order chi connectivity index (χ0) is 18.8. The number of nitrogens with zero attached hydrogens (tertiary/aromatic N) is 1. The highest BCUT2D eigenvalue weighted by molar-refractivity contribution is 5.98. The number of carboxylic acid groups (broad SMARTS) is 1. The van der Waals surface area contributed by atoms with E-state index in [2.05, 4.69) is 0 Å². The lowest BCUT2D eigenvalue weighted by Gasteiger charge is -2.20. The van der Waals surface area contributed by atoms with Crippen molar-refractivity contribution in [2.75, 3.05) is 20.8 Å². The number of ether oxygens (including phenoxy) is 2. The Morgan fingerprint density at radius 2 is 1.92 bits per heavy atom. The lowest BCUT2D eigenvalue weighted by molar-refractivity contribution is -0.141. The third-order valence-electron chi connectivity index (χ3n) is 4.61. The summed E-state index contributed by atoms with van der Waals surface area (Å²) < 4.78 is 16.3. The van der Waals surface area contributed by atoms with Gasteiger partial charge in [0.05, 0.1) is 19.8 Å². The molecule has 138 valence electrons. The number of furan rings is 1. The molecule has 1 saturated heterocycles. The molecule has 2 heterocycles. The molecule has 0 unspecified atom stereocenters. The Hall–Kier alpha value is -2.96. The van der Waals surface area contributed by atoms with Crippen LogP contribution in [0.1, 0.15) is 29.0 Å². The van der Waals surface area contributed by atoms with Crippen molar-refractivity contribution < 1.29 is 28.6 Å². The van der Waals surface area contributed by atoms with E-state index in [9.17, 15) is 14.7 Å². The van der Waals surface area contributed by atoms with Gasteiger partial charge in [-0.25, -0.2) is 4.79 Å². The van der Waals surface area contributed by atoms with E-state index in [0.717, 1.165) is 5.56 Å². The molecule has 1 aromatic heterocycles. The van der Waals surface area contributed by atoms with E-state index in [-0.39, 0.29) is 5.91 Å². The predicted octanol–water partition coefficient (Wildman–Crippen LogP) is 2.96. The van der Waals surface area contributed by atoms with Gasteiger partial charge in [0, 0.05) is 12.1 Å². The van der Waals surface area contributed by atoms with Gasteiger partial charge in [-0.1, -0.05) is 0 Å². The quantitative estimate of drug-likeness (QED) is 0.883. The number of aliphatic carboxylic acids is 1. The van der Waals surface area contributed by atoms with Crippen LogP contribution in [0.2, 0.25) is 0 Å². The van der Waals surface area contributed by atoms with Gasteiger partial charge in [-0.2, -0.15) is 0 Å². The molecule has 1 atom stereocenters. The van der Waals surface area contributed by atoms with Crippen molar-refractivity contribution in [3.63, 3.8) is 0 Å². The first-order valence-electron chi connectivity index (χ1n) is 8.33. The van der Waals surface area contributed by atoms with Crippen molar-refractivity contribution in [2.45, 2.75) is 25.8 Å². The molecule has 0 radical (unpaired) electrons. The standard InChI is InChI=1S/C19H21NO6/c1-11-13(18(21)20-8-4-5-14(20)19(22)23)10-16(26-11)12-6-7-15(24-2)17(9-12)25-3/h6-7,9-10,14H,4-5,8H2,1-3H3,(H,22,23)/t14-/m0/s1. The first kappa shape index (κ1) is 17.8. The Labute approximate surface area is 151 Å². The average molecular weight is 359 g/mol. The van der Waals surface area contributed by atoms with Crippen LogP contribution in [0, 0.1) is 6.92 Å². The first-order chi connectivity index (χ1) is 12.5. The van der Waals surface area contributed by atoms with E-state index in [0.29, 0.717) is 48.0 Å². The third kappa shape index (κ3) is 3.12. The molecule has 26 heavy (non-hydrogen) atoms. The summed E-state index contributed by atoms with van der Waals surface area (Å²) in [5, 5.41) is 9.30. The molecule has 7 nitrogen and oxygen atoms in total. The predicted molar refractivity (Wildman–Crippen MR) is 93.7 cm³/mol. The molecule has 0 spiro atoms. The van der Waals surface area contributed by atoms with Gasteiger partial charge in [0.2, 0.25) is 0 Å². The van der Waals surface area contributed by atoms with Gasteiger partial charge in [0.1, 0.15) is 17.6 Å². The van der Waals surface area contributed by atoms with Crippen molar-refractivity contribution >= 4 is 11.9 Å². The molecule has 1 aliphatic rings. The van der Waals surface area contributed by atoms with Crippen molar-refractivity contribution in [1.82, 2.24) is 4.90 Å². The topological polar surface area (TPSA) is 89.2 Å². The molecule has 7 heteroatoms. The van der Waals surface area contributed by atoms with Crippen LogP contribution in [0.25, 0.3) is 11.3 Å². The van der Waals surface area contributed by atoms with Crippen molar-refractivity contribution in [1.29, 1.82) is 0 Å². The fourth-order valence-electron chi connectivity index (χ4n) is 3.25. The van der Waals surface area contributed by atoms with Crippen LogP contribution in [0.15, 0.2) is 28.7 Å². The Balaban J connectivity index is 1.92. The lowest BCUT2D eigenvalue weighted by Crippen LogP contribution is -2.40. The summed E-state index contributed by atoms with van der Waals surface area (Å²) >= 11 is 0. The number of benzene rings is 1. The number of carbonyl (C=O) groups excluding carboxylic acids is 1. The van der Waals surface area contributed by atoms with Gasteiger partial charge in [0.15, 0.2) is 11.5 Å². The molecule has 1 fully saturated rings. The van der Waals surface area contributed by atoms with E-state index >= 15 is 0 Å². The fourth-order valence-corrected chi connectivity index (χ4v) is 3.25. The minimum atomic E-state index is -0.975. The summed E-state index contributed by atoms with van der Waals surface area (Å²) in [6, 6.07) is 6.21. The smallest absolute Gasteiger partial charge is 0.326 e. The number of carbonyl (C=O) groups is 2.